The van der Waals surface area contributed by atoms with E-state index in [1.54, 1.807) is 4.57 Å². The largest absolute Gasteiger partial charge is 0.488 e. The van der Waals surface area contributed by atoms with Crippen molar-refractivity contribution in [2.24, 2.45) is 5.73 Å². The molecule has 1 aliphatic rings. The summed E-state index contributed by atoms with van der Waals surface area (Å²) in [5, 5.41) is 9.32. The van der Waals surface area contributed by atoms with Crippen LogP contribution in [0.3, 0.4) is 0 Å². The quantitative estimate of drug-likeness (QED) is 0.682. The Morgan fingerprint density at radius 2 is 2.00 bits per heavy atom. The highest BCUT2D eigenvalue weighted by Crippen LogP contribution is 2.38. The van der Waals surface area contributed by atoms with Crippen LogP contribution < -0.4 is 15.9 Å². The number of fused-ring (bicyclic) bond motifs is 1. The molecule has 1 atom stereocenters. The first kappa shape index (κ1) is 18.2. The van der Waals surface area contributed by atoms with Gasteiger partial charge in [0.25, 0.3) is 0 Å². The number of nitrogens with zero attached hydrogens (tertiary/aromatic N) is 1. The van der Waals surface area contributed by atoms with Gasteiger partial charge in [-0.1, -0.05) is 30.3 Å². The molecule has 0 aliphatic heterocycles. The first-order valence-corrected chi connectivity index (χ1v) is 9.00. The summed E-state index contributed by atoms with van der Waals surface area (Å²) in [4.78, 5) is 23.8. The van der Waals surface area contributed by atoms with Gasteiger partial charge in [0, 0.05) is 23.7 Å². The fraction of sp³-hybridized carbons (Fsp3) is 0.238. The van der Waals surface area contributed by atoms with Crippen LogP contribution in [0.4, 0.5) is 4.39 Å². The van der Waals surface area contributed by atoms with E-state index in [9.17, 15) is 19.1 Å². The standard InChI is InChI=1S/C21H19FN2O4/c22-16-8-14-18(24(13-6-7-13)10-15(20(14)25)21(26)27)9-19(16)28-11-17(23)12-4-2-1-3-5-12/h1-5,8-10,13,17H,6-7,11,23H2,(H,26,27). The number of carbonyl (C=O) groups is 1. The van der Waals surface area contributed by atoms with Crippen LogP contribution in [-0.4, -0.2) is 22.2 Å². The third-order valence-corrected chi connectivity index (χ3v) is 4.90. The number of ether oxygens (including phenoxy) is 1. The van der Waals surface area contributed by atoms with Crippen molar-refractivity contribution < 1.29 is 19.0 Å². The Balaban J connectivity index is 1.71. The van der Waals surface area contributed by atoms with Crippen molar-refractivity contribution in [3.63, 3.8) is 0 Å². The van der Waals surface area contributed by atoms with Crippen LogP contribution in [0.2, 0.25) is 0 Å². The molecule has 2 aromatic carbocycles. The summed E-state index contributed by atoms with van der Waals surface area (Å²) in [6.45, 7) is 0.0628. The molecule has 1 heterocycles. The van der Waals surface area contributed by atoms with Gasteiger partial charge in [-0.05, 0) is 24.5 Å². The normalized spacial score (nSPS) is 14.8. The molecule has 0 amide bonds. The summed E-state index contributed by atoms with van der Waals surface area (Å²) in [6.07, 6.45) is 3.09. The summed E-state index contributed by atoms with van der Waals surface area (Å²) in [5.41, 5.74) is 6.36. The Labute approximate surface area is 160 Å². The Morgan fingerprint density at radius 1 is 1.29 bits per heavy atom. The molecule has 1 fully saturated rings. The van der Waals surface area contributed by atoms with Crippen LogP contribution in [0.25, 0.3) is 10.9 Å². The van der Waals surface area contributed by atoms with E-state index in [2.05, 4.69) is 0 Å². The number of pyridine rings is 1. The Hall–Kier alpha value is -3.19. The number of halogens is 1. The predicted molar refractivity (Wildman–Crippen MR) is 102 cm³/mol. The maximum Gasteiger partial charge on any atom is 0.341 e. The third-order valence-electron chi connectivity index (χ3n) is 4.90. The van der Waals surface area contributed by atoms with Gasteiger partial charge in [-0.15, -0.1) is 0 Å². The maximum absolute atomic E-state index is 14.6. The minimum atomic E-state index is -1.32. The molecular formula is C21H19FN2O4. The molecule has 1 saturated carbocycles. The van der Waals surface area contributed by atoms with Gasteiger partial charge < -0.3 is 20.1 Å². The van der Waals surface area contributed by atoms with Crippen molar-refractivity contribution in [1.82, 2.24) is 4.57 Å². The van der Waals surface area contributed by atoms with Gasteiger partial charge in [-0.25, -0.2) is 9.18 Å². The number of carboxylic acid groups (broad SMARTS) is 1. The molecule has 7 heteroatoms. The number of aromatic nitrogens is 1. The highest BCUT2D eigenvalue weighted by Gasteiger charge is 2.27. The van der Waals surface area contributed by atoms with Gasteiger partial charge in [0.05, 0.1) is 11.6 Å². The van der Waals surface area contributed by atoms with E-state index in [0.717, 1.165) is 24.5 Å². The number of hydrogen-bond acceptors (Lipinski definition) is 4. The monoisotopic (exact) mass is 382 g/mol. The SMILES string of the molecule is NC(COc1cc2c(cc1F)c(=O)c(C(=O)O)cn2C1CC1)c1ccccc1. The van der Waals surface area contributed by atoms with Crippen LogP contribution in [-0.2, 0) is 0 Å². The molecule has 0 bridgehead atoms. The number of aromatic carboxylic acids is 1. The van der Waals surface area contributed by atoms with Gasteiger partial charge in [-0.2, -0.15) is 0 Å². The zero-order valence-electron chi connectivity index (χ0n) is 15.0. The Bertz CT molecular complexity index is 1110. The molecule has 28 heavy (non-hydrogen) atoms. The van der Waals surface area contributed by atoms with E-state index in [-0.39, 0.29) is 29.3 Å². The second kappa shape index (κ2) is 7.09. The lowest BCUT2D eigenvalue weighted by Gasteiger charge is -2.16. The summed E-state index contributed by atoms with van der Waals surface area (Å²) in [7, 11) is 0. The first-order valence-electron chi connectivity index (χ1n) is 9.00. The second-order valence-corrected chi connectivity index (χ2v) is 6.94. The van der Waals surface area contributed by atoms with Gasteiger partial charge in [0.1, 0.15) is 12.2 Å². The van der Waals surface area contributed by atoms with E-state index in [4.69, 9.17) is 10.5 Å². The number of nitrogens with two attached hydrogens (primary N) is 1. The van der Waals surface area contributed by atoms with Gasteiger partial charge in [0.15, 0.2) is 11.6 Å². The van der Waals surface area contributed by atoms with E-state index in [1.165, 1.54) is 12.3 Å². The summed E-state index contributed by atoms with van der Waals surface area (Å²) in [6, 6.07) is 11.5. The molecule has 1 unspecified atom stereocenters. The number of rotatable bonds is 6. The van der Waals surface area contributed by atoms with E-state index < -0.39 is 23.3 Å². The molecule has 0 saturated heterocycles. The average Bonchev–Trinajstić information content (AvgIpc) is 3.52. The highest BCUT2D eigenvalue weighted by atomic mass is 19.1. The van der Waals surface area contributed by atoms with Crippen LogP contribution >= 0.6 is 0 Å². The zero-order chi connectivity index (χ0) is 19.8. The van der Waals surface area contributed by atoms with Crippen LogP contribution in [0.1, 0.15) is 40.8 Å². The molecule has 4 rings (SSSR count). The summed E-state index contributed by atoms with van der Waals surface area (Å²) < 4.78 is 21.9. The van der Waals surface area contributed by atoms with Crippen LogP contribution in [0.15, 0.2) is 53.5 Å². The smallest absolute Gasteiger partial charge is 0.341 e. The molecule has 3 aromatic rings. The molecule has 0 radical (unpaired) electrons. The van der Waals surface area contributed by atoms with Crippen molar-refractivity contribution in [2.75, 3.05) is 6.61 Å². The second-order valence-electron chi connectivity index (χ2n) is 6.94. The molecule has 3 N–H and O–H groups in total. The molecule has 1 aliphatic carbocycles. The third kappa shape index (κ3) is 3.36. The van der Waals surface area contributed by atoms with Crippen LogP contribution in [0.5, 0.6) is 5.75 Å². The predicted octanol–water partition coefficient (Wildman–Crippen LogP) is 3.25. The fourth-order valence-corrected chi connectivity index (χ4v) is 3.24. The molecule has 1 aromatic heterocycles. The summed E-state index contributed by atoms with van der Waals surface area (Å²) >= 11 is 0. The molecule has 0 spiro atoms. The van der Waals surface area contributed by atoms with Crippen molar-refractivity contribution in [1.29, 1.82) is 0 Å². The molecule has 6 nitrogen and oxygen atoms in total. The lowest BCUT2D eigenvalue weighted by molar-refractivity contribution is 0.0695. The van der Waals surface area contributed by atoms with E-state index in [1.807, 2.05) is 30.3 Å². The minimum Gasteiger partial charge on any atom is -0.488 e. The van der Waals surface area contributed by atoms with E-state index >= 15 is 0 Å². The molecular weight excluding hydrogens is 363 g/mol. The lowest BCUT2D eigenvalue weighted by Crippen LogP contribution is -2.20. The first-order chi connectivity index (χ1) is 13.5. The van der Waals surface area contributed by atoms with Crippen molar-refractivity contribution in [3.8, 4) is 5.75 Å². The Kier molecular flexibility index (Phi) is 4.60. The number of benzene rings is 2. The Morgan fingerprint density at radius 3 is 2.64 bits per heavy atom. The average molecular weight is 382 g/mol. The topological polar surface area (TPSA) is 94.6 Å². The fourth-order valence-electron chi connectivity index (χ4n) is 3.24. The van der Waals surface area contributed by atoms with Gasteiger partial charge >= 0.3 is 5.97 Å². The van der Waals surface area contributed by atoms with E-state index in [0.29, 0.717) is 5.52 Å². The summed E-state index contributed by atoms with van der Waals surface area (Å²) in [5.74, 6) is -2.07. The maximum atomic E-state index is 14.6. The van der Waals surface area contributed by atoms with Gasteiger partial charge in [-0.3, -0.25) is 4.79 Å². The van der Waals surface area contributed by atoms with Crippen LogP contribution in [0, 0.1) is 5.82 Å². The van der Waals surface area contributed by atoms with Crippen molar-refractivity contribution in [3.05, 3.63) is 75.8 Å². The lowest BCUT2D eigenvalue weighted by atomic mass is 10.1. The van der Waals surface area contributed by atoms with Crippen molar-refractivity contribution in [2.45, 2.75) is 24.9 Å². The number of hydrogen-bond donors (Lipinski definition) is 2. The molecule has 144 valence electrons. The minimum absolute atomic E-state index is 0.0178. The van der Waals surface area contributed by atoms with Crippen molar-refractivity contribution >= 4 is 16.9 Å². The zero-order valence-corrected chi connectivity index (χ0v) is 15.0. The highest BCUT2D eigenvalue weighted by molar-refractivity contribution is 5.93. The van der Waals surface area contributed by atoms with Gasteiger partial charge in [0.2, 0.25) is 5.43 Å². The number of carboxylic acids is 1.